The zero-order valence-electron chi connectivity index (χ0n) is 6.90. The molecule has 0 saturated heterocycles. The number of hydrogen-bond acceptors (Lipinski definition) is 3. The average molecular weight is 183 g/mol. The third-order valence-corrected chi connectivity index (χ3v) is 2.36. The van der Waals surface area contributed by atoms with Crippen molar-refractivity contribution in [1.29, 1.82) is 0 Å². The van der Waals surface area contributed by atoms with Crippen LogP contribution in [0, 0.1) is 0 Å². The minimum Gasteiger partial charge on any atom is -0.293 e. The predicted octanol–water partition coefficient (Wildman–Crippen LogP) is 1.02. The highest BCUT2D eigenvalue weighted by Gasteiger charge is 2.09. The van der Waals surface area contributed by atoms with Gasteiger partial charge in [-0.25, -0.2) is 0 Å². The number of Topliss-reactive ketones (excluding diaryl/α,β-unsaturated/α-hetero) is 1. The zero-order chi connectivity index (χ0) is 9.14. The van der Waals surface area contributed by atoms with E-state index in [1.165, 1.54) is 19.4 Å². The van der Waals surface area contributed by atoms with Crippen LogP contribution in [0.25, 0.3) is 0 Å². The predicted molar refractivity (Wildman–Crippen MR) is 46.6 cm³/mol. The van der Waals surface area contributed by atoms with Gasteiger partial charge in [0.25, 0.3) is 0 Å². The number of pyridine rings is 1. The van der Waals surface area contributed by atoms with E-state index in [4.69, 9.17) is 0 Å². The fourth-order valence-electron chi connectivity index (χ4n) is 0.887. The Kier molecular flexibility index (Phi) is 2.70. The highest BCUT2D eigenvalue weighted by Crippen LogP contribution is 2.09. The van der Waals surface area contributed by atoms with Crippen molar-refractivity contribution in [2.24, 2.45) is 0 Å². The van der Waals surface area contributed by atoms with Crippen molar-refractivity contribution in [3.63, 3.8) is 0 Å². The van der Waals surface area contributed by atoms with Crippen molar-refractivity contribution >= 4 is 16.6 Å². The van der Waals surface area contributed by atoms with Gasteiger partial charge in [0.15, 0.2) is 5.78 Å². The third kappa shape index (κ3) is 1.76. The quantitative estimate of drug-likeness (QED) is 0.643. The second kappa shape index (κ2) is 3.58. The monoisotopic (exact) mass is 183 g/mol. The number of hydrogen-bond donors (Lipinski definition) is 0. The lowest BCUT2D eigenvalue weighted by molar-refractivity contribution is 0.101. The molecule has 1 aromatic heterocycles. The van der Waals surface area contributed by atoms with Gasteiger partial charge in [-0.1, -0.05) is 0 Å². The Morgan fingerprint density at radius 3 is 2.67 bits per heavy atom. The molecule has 1 heterocycles. The molecule has 0 saturated carbocycles. The molecule has 0 aliphatic carbocycles. The van der Waals surface area contributed by atoms with Crippen LogP contribution in [0.2, 0.25) is 0 Å². The Balaban J connectivity index is 3.27. The fraction of sp³-hybridized carbons (Fsp3) is 0.250. The van der Waals surface area contributed by atoms with E-state index >= 15 is 0 Å². The molecule has 64 valence electrons. The maximum absolute atomic E-state index is 11.1. The molecule has 0 aliphatic rings. The van der Waals surface area contributed by atoms with Crippen LogP contribution >= 0.6 is 0 Å². The van der Waals surface area contributed by atoms with Crippen molar-refractivity contribution in [3.05, 3.63) is 24.0 Å². The van der Waals surface area contributed by atoms with E-state index in [0.717, 1.165) is 0 Å². The summed E-state index contributed by atoms with van der Waals surface area (Å²) in [7, 11) is -1.14. The molecule has 4 heteroatoms. The summed E-state index contributed by atoms with van der Waals surface area (Å²) in [6, 6.07) is 3.32. The molecule has 0 N–H and O–H groups in total. The summed E-state index contributed by atoms with van der Waals surface area (Å²) in [4.78, 5) is 15.3. The maximum Gasteiger partial charge on any atom is 0.179 e. The second-order valence-corrected chi connectivity index (χ2v) is 3.71. The lowest BCUT2D eigenvalue weighted by Gasteiger charge is -2.00. The van der Waals surface area contributed by atoms with Gasteiger partial charge in [-0.2, -0.15) is 0 Å². The zero-order valence-corrected chi connectivity index (χ0v) is 7.72. The van der Waals surface area contributed by atoms with Crippen LogP contribution in [0.5, 0.6) is 0 Å². The van der Waals surface area contributed by atoms with Crippen molar-refractivity contribution < 1.29 is 9.00 Å². The van der Waals surface area contributed by atoms with Gasteiger partial charge in [0, 0.05) is 19.4 Å². The SMILES string of the molecule is CC(=O)c1ncccc1[S@](C)=O. The standard InChI is InChI=1S/C8H9NO2S/c1-6(10)8-7(12(2)11)4-3-5-9-8/h3-5H,1-2H3/t12-/m0/s1. The van der Waals surface area contributed by atoms with E-state index in [1.807, 2.05) is 0 Å². The van der Waals surface area contributed by atoms with Gasteiger partial charge in [-0.15, -0.1) is 0 Å². The summed E-state index contributed by atoms with van der Waals surface area (Å²) in [6.07, 6.45) is 3.05. The van der Waals surface area contributed by atoms with Crippen LogP contribution in [-0.4, -0.2) is 21.2 Å². The Labute approximate surface area is 73.3 Å². The molecule has 0 fully saturated rings. The normalized spacial score (nSPS) is 12.5. The van der Waals surface area contributed by atoms with Gasteiger partial charge in [0.2, 0.25) is 0 Å². The molecule has 1 aromatic rings. The van der Waals surface area contributed by atoms with Crippen LogP contribution in [0.15, 0.2) is 23.2 Å². The van der Waals surface area contributed by atoms with E-state index in [1.54, 1.807) is 12.1 Å². The maximum atomic E-state index is 11.1. The summed E-state index contributed by atoms with van der Waals surface area (Å²) >= 11 is 0. The Bertz CT molecular complexity index is 303. The summed E-state index contributed by atoms with van der Waals surface area (Å²) in [6.45, 7) is 1.42. The third-order valence-electron chi connectivity index (χ3n) is 1.41. The first-order valence-electron chi connectivity index (χ1n) is 3.42. The van der Waals surface area contributed by atoms with Gasteiger partial charge in [-0.05, 0) is 12.1 Å². The van der Waals surface area contributed by atoms with Crippen molar-refractivity contribution in [2.75, 3.05) is 6.26 Å². The van der Waals surface area contributed by atoms with E-state index < -0.39 is 10.8 Å². The summed E-state index contributed by atoms with van der Waals surface area (Å²) in [5.74, 6) is -0.152. The number of carbonyl (C=O) groups excluding carboxylic acids is 1. The van der Waals surface area contributed by atoms with E-state index in [2.05, 4.69) is 4.98 Å². The van der Waals surface area contributed by atoms with Crippen LogP contribution in [-0.2, 0) is 10.8 Å². The largest absolute Gasteiger partial charge is 0.293 e. The fourth-order valence-corrected chi connectivity index (χ4v) is 1.63. The molecule has 0 spiro atoms. The Morgan fingerprint density at radius 1 is 1.58 bits per heavy atom. The van der Waals surface area contributed by atoms with Crippen LogP contribution in [0.1, 0.15) is 17.4 Å². The highest BCUT2D eigenvalue weighted by molar-refractivity contribution is 7.84. The van der Waals surface area contributed by atoms with Crippen LogP contribution in [0.4, 0.5) is 0 Å². The number of rotatable bonds is 2. The summed E-state index contributed by atoms with van der Waals surface area (Å²) in [5.41, 5.74) is 0.304. The molecule has 0 radical (unpaired) electrons. The second-order valence-electron chi connectivity index (χ2n) is 2.36. The number of aromatic nitrogens is 1. The summed E-state index contributed by atoms with van der Waals surface area (Å²) < 4.78 is 11.1. The lowest BCUT2D eigenvalue weighted by atomic mass is 10.3. The molecule has 12 heavy (non-hydrogen) atoms. The first kappa shape index (κ1) is 9.06. The van der Waals surface area contributed by atoms with Gasteiger partial charge < -0.3 is 0 Å². The number of nitrogens with zero attached hydrogens (tertiary/aromatic N) is 1. The van der Waals surface area contributed by atoms with Gasteiger partial charge in [0.1, 0.15) is 5.69 Å². The van der Waals surface area contributed by atoms with Crippen LogP contribution in [0.3, 0.4) is 0 Å². The van der Waals surface area contributed by atoms with Crippen molar-refractivity contribution in [2.45, 2.75) is 11.8 Å². The van der Waals surface area contributed by atoms with E-state index in [-0.39, 0.29) is 5.78 Å². The smallest absolute Gasteiger partial charge is 0.179 e. The van der Waals surface area contributed by atoms with E-state index in [0.29, 0.717) is 10.6 Å². The molecule has 0 amide bonds. The first-order chi connectivity index (χ1) is 5.63. The molecule has 0 aliphatic heterocycles. The molecule has 3 nitrogen and oxygen atoms in total. The average Bonchev–Trinajstić information content (AvgIpc) is 2.04. The molecule has 1 rings (SSSR count). The molecule has 1 atom stereocenters. The molecular weight excluding hydrogens is 174 g/mol. The topological polar surface area (TPSA) is 47.0 Å². The van der Waals surface area contributed by atoms with Gasteiger partial charge >= 0.3 is 0 Å². The highest BCUT2D eigenvalue weighted by atomic mass is 32.2. The number of ketones is 1. The van der Waals surface area contributed by atoms with Crippen molar-refractivity contribution in [1.82, 2.24) is 4.98 Å². The van der Waals surface area contributed by atoms with Gasteiger partial charge in [-0.3, -0.25) is 14.0 Å². The molecule has 0 unspecified atom stereocenters. The first-order valence-corrected chi connectivity index (χ1v) is 4.98. The molecule has 0 aromatic carbocycles. The molecular formula is C8H9NO2S. The minimum absolute atomic E-state index is 0.152. The summed E-state index contributed by atoms with van der Waals surface area (Å²) in [5, 5.41) is 0. The molecule has 0 bridgehead atoms. The lowest BCUT2D eigenvalue weighted by Crippen LogP contribution is -2.03. The minimum atomic E-state index is -1.14. The van der Waals surface area contributed by atoms with Gasteiger partial charge in [0.05, 0.1) is 15.7 Å². The number of carbonyl (C=O) groups is 1. The van der Waals surface area contributed by atoms with E-state index in [9.17, 15) is 9.00 Å². The van der Waals surface area contributed by atoms with Crippen molar-refractivity contribution in [3.8, 4) is 0 Å². The van der Waals surface area contributed by atoms with Crippen LogP contribution < -0.4 is 0 Å². The Morgan fingerprint density at radius 2 is 2.25 bits per heavy atom. The Hall–Kier alpha value is -1.03.